The second-order valence-corrected chi connectivity index (χ2v) is 4.87. The number of fused-ring (bicyclic) bond motifs is 1. The molecule has 0 fully saturated rings. The number of hydrogen-bond donors (Lipinski definition) is 1. The van der Waals surface area contributed by atoms with Crippen LogP contribution in [0.15, 0.2) is 24.3 Å². The van der Waals surface area contributed by atoms with Gasteiger partial charge in [-0.2, -0.15) is 0 Å². The van der Waals surface area contributed by atoms with E-state index in [-0.39, 0.29) is 5.41 Å². The highest BCUT2D eigenvalue weighted by molar-refractivity contribution is 5.58. The number of benzene rings is 1. The topological polar surface area (TPSA) is 21.3 Å². The zero-order valence-corrected chi connectivity index (χ0v) is 9.00. The summed E-state index contributed by atoms with van der Waals surface area (Å²) in [5.41, 5.74) is 1.34. The third kappa shape index (κ3) is 1.69. The molecule has 1 heterocycles. The Bertz CT molecular complexity index is 327. The van der Waals surface area contributed by atoms with Crippen molar-refractivity contribution in [1.29, 1.82) is 0 Å². The molecule has 1 aliphatic rings. The smallest absolute Gasteiger partial charge is 0.142 e. The van der Waals surface area contributed by atoms with E-state index in [1.165, 1.54) is 0 Å². The van der Waals surface area contributed by atoms with Crippen LogP contribution in [0.3, 0.4) is 0 Å². The number of hydrogen-bond acceptors (Lipinski definition) is 2. The third-order valence-electron chi connectivity index (χ3n) is 2.67. The van der Waals surface area contributed by atoms with Crippen molar-refractivity contribution in [3.8, 4) is 5.75 Å². The highest BCUT2D eigenvalue weighted by Crippen LogP contribution is 2.33. The Labute approximate surface area is 85.3 Å². The normalized spacial score (nSPS) is 20.6. The number of para-hydroxylation sites is 2. The van der Waals surface area contributed by atoms with Crippen molar-refractivity contribution >= 4 is 5.69 Å². The fraction of sp³-hybridized carbons (Fsp3) is 0.500. The first-order valence-electron chi connectivity index (χ1n) is 5.06. The zero-order valence-electron chi connectivity index (χ0n) is 9.00. The van der Waals surface area contributed by atoms with E-state index in [0.717, 1.165) is 18.0 Å². The van der Waals surface area contributed by atoms with Gasteiger partial charge in [-0.05, 0) is 17.5 Å². The second-order valence-electron chi connectivity index (χ2n) is 4.87. The van der Waals surface area contributed by atoms with Gasteiger partial charge in [-0.3, -0.25) is 0 Å². The van der Waals surface area contributed by atoms with Crippen LogP contribution < -0.4 is 10.1 Å². The van der Waals surface area contributed by atoms with Crippen LogP contribution in [0.4, 0.5) is 5.69 Å². The quantitative estimate of drug-likeness (QED) is 0.680. The molecule has 2 rings (SSSR count). The fourth-order valence-corrected chi connectivity index (χ4v) is 1.58. The van der Waals surface area contributed by atoms with E-state index in [1.54, 1.807) is 0 Å². The van der Waals surface area contributed by atoms with Crippen molar-refractivity contribution in [2.24, 2.45) is 5.41 Å². The molecule has 2 heteroatoms. The molecule has 1 aliphatic heterocycles. The molecule has 0 radical (unpaired) electrons. The molecule has 2 nitrogen and oxygen atoms in total. The molecular weight excluding hydrogens is 174 g/mol. The lowest BCUT2D eigenvalue weighted by Gasteiger charge is -2.36. The van der Waals surface area contributed by atoms with Gasteiger partial charge in [0.05, 0.1) is 11.7 Å². The molecule has 14 heavy (non-hydrogen) atoms. The maximum Gasteiger partial charge on any atom is 0.142 e. The highest BCUT2D eigenvalue weighted by atomic mass is 16.5. The molecule has 76 valence electrons. The number of nitrogens with one attached hydrogen (secondary N) is 1. The van der Waals surface area contributed by atoms with Crippen LogP contribution in [0.1, 0.15) is 20.8 Å². The summed E-state index contributed by atoms with van der Waals surface area (Å²) in [7, 11) is 0. The van der Waals surface area contributed by atoms with E-state index in [9.17, 15) is 0 Å². The number of anilines is 1. The average molecular weight is 191 g/mol. The molecule has 1 atom stereocenters. The van der Waals surface area contributed by atoms with Gasteiger partial charge in [-0.15, -0.1) is 0 Å². The molecule has 0 aromatic heterocycles. The SMILES string of the molecule is CC(C)(C)C1COc2ccccc2N1. The van der Waals surface area contributed by atoms with E-state index in [1.807, 2.05) is 18.2 Å². The summed E-state index contributed by atoms with van der Waals surface area (Å²) in [5, 5.41) is 3.51. The maximum atomic E-state index is 5.70. The van der Waals surface area contributed by atoms with Gasteiger partial charge in [0.15, 0.2) is 0 Å². The molecule has 0 spiro atoms. The van der Waals surface area contributed by atoms with Crippen molar-refractivity contribution in [1.82, 2.24) is 0 Å². The van der Waals surface area contributed by atoms with E-state index in [2.05, 4.69) is 32.2 Å². The standard InChI is InChI=1S/C12H17NO/c1-12(2,3)11-8-14-10-7-5-4-6-9(10)13-11/h4-7,11,13H,8H2,1-3H3. The predicted octanol–water partition coefficient (Wildman–Crippen LogP) is 2.91. The van der Waals surface area contributed by atoms with Crippen molar-refractivity contribution < 1.29 is 4.74 Å². The van der Waals surface area contributed by atoms with E-state index in [0.29, 0.717) is 6.04 Å². The van der Waals surface area contributed by atoms with Crippen molar-refractivity contribution in [2.75, 3.05) is 11.9 Å². The maximum absolute atomic E-state index is 5.70. The van der Waals surface area contributed by atoms with Gasteiger partial charge in [0.25, 0.3) is 0 Å². The minimum Gasteiger partial charge on any atom is -0.489 e. The number of ether oxygens (including phenoxy) is 1. The first-order chi connectivity index (χ1) is 6.57. The minimum atomic E-state index is 0.230. The van der Waals surface area contributed by atoms with Crippen LogP contribution >= 0.6 is 0 Å². The van der Waals surface area contributed by atoms with Gasteiger partial charge in [0.2, 0.25) is 0 Å². The molecule has 1 N–H and O–H groups in total. The summed E-state index contributed by atoms with van der Waals surface area (Å²) >= 11 is 0. The Hall–Kier alpha value is -1.18. The third-order valence-corrected chi connectivity index (χ3v) is 2.67. The van der Waals surface area contributed by atoms with Gasteiger partial charge in [0.1, 0.15) is 12.4 Å². The molecule has 1 unspecified atom stereocenters. The van der Waals surface area contributed by atoms with E-state index < -0.39 is 0 Å². The van der Waals surface area contributed by atoms with Gasteiger partial charge in [-0.1, -0.05) is 32.9 Å². The van der Waals surface area contributed by atoms with Crippen LogP contribution in [0.5, 0.6) is 5.75 Å². The second kappa shape index (κ2) is 3.19. The Morgan fingerprint density at radius 3 is 2.71 bits per heavy atom. The van der Waals surface area contributed by atoms with Crippen molar-refractivity contribution in [2.45, 2.75) is 26.8 Å². The van der Waals surface area contributed by atoms with Gasteiger partial charge < -0.3 is 10.1 Å². The summed E-state index contributed by atoms with van der Waals surface area (Å²) < 4.78 is 5.70. The summed E-state index contributed by atoms with van der Waals surface area (Å²) in [5.74, 6) is 0.966. The van der Waals surface area contributed by atoms with Crippen LogP contribution in [0, 0.1) is 5.41 Å². The Morgan fingerprint density at radius 2 is 2.00 bits per heavy atom. The lowest BCUT2D eigenvalue weighted by atomic mass is 9.86. The zero-order chi connectivity index (χ0) is 10.2. The molecule has 1 aromatic carbocycles. The summed E-state index contributed by atoms with van der Waals surface area (Å²) in [6, 6.07) is 8.48. The molecule has 0 saturated heterocycles. The lowest BCUT2D eigenvalue weighted by molar-refractivity contribution is 0.207. The van der Waals surface area contributed by atoms with Gasteiger partial charge >= 0.3 is 0 Å². The first-order valence-corrected chi connectivity index (χ1v) is 5.06. The van der Waals surface area contributed by atoms with E-state index in [4.69, 9.17) is 4.74 Å². The van der Waals surface area contributed by atoms with Crippen molar-refractivity contribution in [3.05, 3.63) is 24.3 Å². The van der Waals surface area contributed by atoms with E-state index >= 15 is 0 Å². The van der Waals surface area contributed by atoms with Crippen LogP contribution in [0.25, 0.3) is 0 Å². The lowest BCUT2D eigenvalue weighted by Crippen LogP contribution is -2.41. The minimum absolute atomic E-state index is 0.230. The van der Waals surface area contributed by atoms with Crippen LogP contribution in [-0.2, 0) is 0 Å². The molecule has 0 amide bonds. The van der Waals surface area contributed by atoms with Crippen LogP contribution in [0.2, 0.25) is 0 Å². The molecular formula is C12H17NO. The average Bonchev–Trinajstić information content (AvgIpc) is 2.16. The first kappa shape index (κ1) is 9.38. The Kier molecular flexibility index (Phi) is 2.14. The van der Waals surface area contributed by atoms with Gasteiger partial charge in [-0.25, -0.2) is 0 Å². The predicted molar refractivity (Wildman–Crippen MR) is 58.8 cm³/mol. The molecule has 1 aromatic rings. The largest absolute Gasteiger partial charge is 0.489 e. The summed E-state index contributed by atoms with van der Waals surface area (Å²) in [6.45, 7) is 7.42. The number of rotatable bonds is 0. The molecule has 0 bridgehead atoms. The molecule has 0 aliphatic carbocycles. The summed E-state index contributed by atoms with van der Waals surface area (Å²) in [4.78, 5) is 0. The van der Waals surface area contributed by atoms with Crippen molar-refractivity contribution in [3.63, 3.8) is 0 Å². The highest BCUT2D eigenvalue weighted by Gasteiger charge is 2.28. The monoisotopic (exact) mass is 191 g/mol. The molecule has 0 saturated carbocycles. The fourth-order valence-electron chi connectivity index (χ4n) is 1.58. The Morgan fingerprint density at radius 1 is 1.29 bits per heavy atom. The summed E-state index contributed by atoms with van der Waals surface area (Å²) in [6.07, 6.45) is 0. The van der Waals surface area contributed by atoms with Crippen LogP contribution in [-0.4, -0.2) is 12.6 Å². The van der Waals surface area contributed by atoms with Gasteiger partial charge in [0, 0.05) is 0 Å². The Balaban J connectivity index is 2.22.